The zero-order valence-electron chi connectivity index (χ0n) is 11.9. The first-order chi connectivity index (χ1) is 9.54. The van der Waals surface area contributed by atoms with Crippen LogP contribution >= 0.6 is 23.4 Å². The Balaban J connectivity index is 2.34. The molecule has 1 N–H and O–H groups in total. The first-order valence-corrected chi connectivity index (χ1v) is 8.76. The van der Waals surface area contributed by atoms with Crippen molar-refractivity contribution in [3.63, 3.8) is 0 Å². The minimum Gasteiger partial charge on any atom is -0.297 e. The lowest BCUT2D eigenvalue weighted by Gasteiger charge is -2.14. The van der Waals surface area contributed by atoms with Gasteiger partial charge in [0.2, 0.25) is 0 Å². The average Bonchev–Trinajstić information content (AvgIpc) is 2.91. The van der Waals surface area contributed by atoms with Crippen LogP contribution in [-0.4, -0.2) is 21.1 Å². The second kappa shape index (κ2) is 6.85. The van der Waals surface area contributed by atoms with Gasteiger partial charge in [0.15, 0.2) is 0 Å². The molecule has 1 aliphatic carbocycles. The molecular formula is C14H21ClN2O2S. The molecule has 0 aliphatic heterocycles. The molecule has 2 rings (SSSR count). The van der Waals surface area contributed by atoms with Crippen LogP contribution in [-0.2, 0) is 6.54 Å². The van der Waals surface area contributed by atoms with E-state index >= 15 is 0 Å². The molecular weight excluding hydrogens is 296 g/mol. The maximum absolute atomic E-state index is 12.6. The van der Waals surface area contributed by atoms with Crippen LogP contribution in [0, 0.1) is 0 Å². The smallest absolute Gasteiger partial charge is 0.297 e. The maximum Gasteiger partial charge on any atom is 0.329 e. The summed E-state index contributed by atoms with van der Waals surface area (Å²) in [6.45, 7) is 2.55. The van der Waals surface area contributed by atoms with E-state index in [0.29, 0.717) is 17.4 Å². The highest BCUT2D eigenvalue weighted by Gasteiger charge is 2.24. The molecule has 1 aliphatic rings. The summed E-state index contributed by atoms with van der Waals surface area (Å²) in [4.78, 5) is 27.1. The number of rotatable bonds is 5. The van der Waals surface area contributed by atoms with Gasteiger partial charge >= 0.3 is 5.69 Å². The molecule has 6 heteroatoms. The number of H-pyrrole nitrogens is 1. The van der Waals surface area contributed by atoms with Crippen molar-refractivity contribution in [3.8, 4) is 0 Å². The number of hydrogen-bond acceptors (Lipinski definition) is 3. The van der Waals surface area contributed by atoms with E-state index in [0.717, 1.165) is 32.1 Å². The average molecular weight is 317 g/mol. The van der Waals surface area contributed by atoms with Gasteiger partial charge in [-0.2, -0.15) is 11.8 Å². The fourth-order valence-corrected chi connectivity index (χ4v) is 3.42. The largest absolute Gasteiger partial charge is 0.329 e. The highest BCUT2D eigenvalue weighted by molar-refractivity contribution is 7.99. The highest BCUT2D eigenvalue weighted by Crippen LogP contribution is 2.34. The van der Waals surface area contributed by atoms with E-state index in [1.807, 2.05) is 6.26 Å². The van der Waals surface area contributed by atoms with E-state index in [1.165, 1.54) is 4.57 Å². The molecule has 0 saturated heterocycles. The molecule has 1 aromatic heterocycles. The molecule has 1 unspecified atom stereocenters. The van der Waals surface area contributed by atoms with Gasteiger partial charge in [0.25, 0.3) is 5.56 Å². The monoisotopic (exact) mass is 316 g/mol. The first-order valence-electron chi connectivity index (χ1n) is 7.10. The molecule has 0 spiro atoms. The summed E-state index contributed by atoms with van der Waals surface area (Å²) in [7, 11) is 0. The predicted octanol–water partition coefficient (Wildman–Crippen LogP) is 2.99. The van der Waals surface area contributed by atoms with E-state index in [4.69, 9.17) is 11.6 Å². The summed E-state index contributed by atoms with van der Waals surface area (Å²) >= 11 is 7.84. The number of nitrogens with one attached hydrogen (secondary N) is 1. The number of aromatic amines is 1. The third-order valence-electron chi connectivity index (χ3n) is 4.10. The fraction of sp³-hybridized carbons (Fsp3) is 0.714. The standard InChI is InChI=1S/C14H21ClN2O2S/c1-9(20-2)7-8-17-13(18)11(10-5-3-4-6-10)12(15)16-14(17)19/h9-10H,3-8H2,1-2H3,(H,16,19). The van der Waals surface area contributed by atoms with Crippen molar-refractivity contribution in [2.24, 2.45) is 0 Å². The Morgan fingerprint density at radius 2 is 2.05 bits per heavy atom. The van der Waals surface area contributed by atoms with Gasteiger partial charge in [-0.25, -0.2) is 4.79 Å². The van der Waals surface area contributed by atoms with Crippen molar-refractivity contribution < 1.29 is 0 Å². The molecule has 1 heterocycles. The summed E-state index contributed by atoms with van der Waals surface area (Å²) in [5.74, 6) is 0.205. The first kappa shape index (κ1) is 15.7. The molecule has 1 atom stereocenters. The van der Waals surface area contributed by atoms with E-state index in [1.54, 1.807) is 11.8 Å². The summed E-state index contributed by atoms with van der Waals surface area (Å²) in [5, 5.41) is 0.660. The molecule has 0 bridgehead atoms. The molecule has 1 fully saturated rings. The normalized spacial score (nSPS) is 17.6. The summed E-state index contributed by atoms with van der Waals surface area (Å²) in [6, 6.07) is 0. The van der Waals surface area contributed by atoms with Gasteiger partial charge in [-0.1, -0.05) is 31.4 Å². The quantitative estimate of drug-likeness (QED) is 0.850. The number of hydrogen-bond donors (Lipinski definition) is 1. The van der Waals surface area contributed by atoms with Crippen molar-refractivity contribution in [2.75, 3.05) is 6.26 Å². The fourth-order valence-electron chi connectivity index (χ4n) is 2.76. The summed E-state index contributed by atoms with van der Waals surface area (Å²) in [5.41, 5.74) is 0.0228. The van der Waals surface area contributed by atoms with Gasteiger partial charge < -0.3 is 0 Å². The van der Waals surface area contributed by atoms with Crippen molar-refractivity contribution in [2.45, 2.75) is 56.7 Å². The van der Waals surface area contributed by atoms with Gasteiger partial charge in [0.1, 0.15) is 5.15 Å². The SMILES string of the molecule is CSC(C)CCn1c(=O)[nH]c(Cl)c(C2CCCC2)c1=O. The van der Waals surface area contributed by atoms with Crippen LogP contribution in [0.25, 0.3) is 0 Å². The zero-order chi connectivity index (χ0) is 14.7. The molecule has 20 heavy (non-hydrogen) atoms. The molecule has 4 nitrogen and oxygen atoms in total. The minimum absolute atomic E-state index is 0.195. The number of aromatic nitrogens is 2. The van der Waals surface area contributed by atoms with Gasteiger partial charge in [0, 0.05) is 11.8 Å². The van der Waals surface area contributed by atoms with Gasteiger partial charge in [0.05, 0.1) is 5.56 Å². The molecule has 112 valence electrons. The number of nitrogens with zero attached hydrogens (tertiary/aromatic N) is 1. The van der Waals surface area contributed by atoms with E-state index in [9.17, 15) is 9.59 Å². The number of halogens is 1. The van der Waals surface area contributed by atoms with Crippen molar-refractivity contribution >= 4 is 23.4 Å². The minimum atomic E-state index is -0.393. The predicted molar refractivity (Wildman–Crippen MR) is 85.1 cm³/mol. The Bertz CT molecular complexity index is 576. The molecule has 0 aromatic carbocycles. The molecule has 1 aromatic rings. The maximum atomic E-state index is 12.6. The lowest BCUT2D eigenvalue weighted by Crippen LogP contribution is -2.38. The zero-order valence-corrected chi connectivity index (χ0v) is 13.5. The van der Waals surface area contributed by atoms with E-state index < -0.39 is 5.69 Å². The van der Waals surface area contributed by atoms with Gasteiger partial charge in [-0.05, 0) is 31.4 Å². The Hall–Kier alpha value is -0.680. The van der Waals surface area contributed by atoms with Crippen molar-refractivity contribution in [1.82, 2.24) is 9.55 Å². The van der Waals surface area contributed by atoms with Crippen LogP contribution in [0.15, 0.2) is 9.59 Å². The molecule has 0 amide bonds. The van der Waals surface area contributed by atoms with Crippen LogP contribution in [0.5, 0.6) is 0 Å². The van der Waals surface area contributed by atoms with E-state index in [-0.39, 0.29) is 16.6 Å². The van der Waals surface area contributed by atoms with Crippen molar-refractivity contribution in [1.29, 1.82) is 0 Å². The van der Waals surface area contributed by atoms with Gasteiger partial charge in [-0.3, -0.25) is 14.3 Å². The molecule has 0 radical (unpaired) electrons. The lowest BCUT2D eigenvalue weighted by atomic mass is 10.0. The second-order valence-corrected chi connectivity index (χ2v) is 7.09. The summed E-state index contributed by atoms with van der Waals surface area (Å²) < 4.78 is 1.31. The Kier molecular flexibility index (Phi) is 5.38. The third-order valence-corrected chi connectivity index (χ3v) is 5.44. The molecule has 1 saturated carbocycles. The Morgan fingerprint density at radius 1 is 1.40 bits per heavy atom. The van der Waals surface area contributed by atoms with Crippen LogP contribution in [0.1, 0.15) is 50.5 Å². The van der Waals surface area contributed by atoms with Gasteiger partial charge in [-0.15, -0.1) is 0 Å². The third kappa shape index (κ3) is 3.31. The summed E-state index contributed by atoms with van der Waals surface area (Å²) in [6.07, 6.45) is 7.07. The lowest BCUT2D eigenvalue weighted by molar-refractivity contribution is 0.571. The van der Waals surface area contributed by atoms with Crippen LogP contribution < -0.4 is 11.2 Å². The van der Waals surface area contributed by atoms with Crippen molar-refractivity contribution in [3.05, 3.63) is 31.6 Å². The number of thioether (sulfide) groups is 1. The van der Waals surface area contributed by atoms with Crippen LogP contribution in [0.3, 0.4) is 0 Å². The van der Waals surface area contributed by atoms with Crippen LogP contribution in [0.2, 0.25) is 5.15 Å². The Morgan fingerprint density at radius 3 is 2.65 bits per heavy atom. The second-order valence-electron chi connectivity index (χ2n) is 5.43. The topological polar surface area (TPSA) is 54.9 Å². The van der Waals surface area contributed by atoms with Crippen LogP contribution in [0.4, 0.5) is 0 Å². The van der Waals surface area contributed by atoms with E-state index in [2.05, 4.69) is 11.9 Å². The Labute approximate surface area is 127 Å². The highest BCUT2D eigenvalue weighted by atomic mass is 35.5.